The van der Waals surface area contributed by atoms with Crippen LogP contribution in [0.5, 0.6) is 11.5 Å². The largest absolute Gasteiger partial charge is 0.508 e. The maximum Gasteiger partial charge on any atom is 0.123 e. The zero-order valence-electron chi connectivity index (χ0n) is 8.99. The number of rotatable bonds is 0. The third-order valence-electron chi connectivity index (χ3n) is 3.84. The highest BCUT2D eigenvalue weighted by molar-refractivity contribution is 5.48. The molecule has 1 fully saturated rings. The second-order valence-electron chi connectivity index (χ2n) is 4.79. The molecule has 0 aromatic heterocycles. The molecule has 1 N–H and O–H groups in total. The maximum atomic E-state index is 9.74. The van der Waals surface area contributed by atoms with Crippen LogP contribution in [0, 0.1) is 12.8 Å². The lowest BCUT2D eigenvalue weighted by molar-refractivity contribution is 0.209. The Labute approximate surface area is 89.9 Å². The third-order valence-corrected chi connectivity index (χ3v) is 3.84. The first kappa shape index (κ1) is 9.08. The van der Waals surface area contributed by atoms with Crippen molar-refractivity contribution in [2.24, 2.45) is 5.92 Å². The Morgan fingerprint density at radius 3 is 3.07 bits per heavy atom. The molecule has 1 aliphatic heterocycles. The van der Waals surface area contributed by atoms with Crippen LogP contribution in [0.1, 0.15) is 36.3 Å². The number of phenols is 1. The van der Waals surface area contributed by atoms with Gasteiger partial charge in [0.25, 0.3) is 0 Å². The molecule has 0 radical (unpaired) electrons. The molecule has 2 heteroatoms. The molecule has 2 aliphatic rings. The lowest BCUT2D eigenvalue weighted by Crippen LogP contribution is -2.21. The maximum absolute atomic E-state index is 9.74. The van der Waals surface area contributed by atoms with Crippen LogP contribution in [0.4, 0.5) is 0 Å². The van der Waals surface area contributed by atoms with Gasteiger partial charge in [0.15, 0.2) is 0 Å². The van der Waals surface area contributed by atoms with Crippen molar-refractivity contribution < 1.29 is 9.84 Å². The molecule has 2 nitrogen and oxygen atoms in total. The zero-order chi connectivity index (χ0) is 10.4. The first-order chi connectivity index (χ1) is 7.25. The van der Waals surface area contributed by atoms with E-state index in [2.05, 4.69) is 0 Å². The van der Waals surface area contributed by atoms with Gasteiger partial charge in [-0.15, -0.1) is 0 Å². The van der Waals surface area contributed by atoms with Crippen molar-refractivity contribution in [2.75, 3.05) is 6.61 Å². The van der Waals surface area contributed by atoms with Gasteiger partial charge in [0.1, 0.15) is 11.5 Å². The summed E-state index contributed by atoms with van der Waals surface area (Å²) in [6, 6.07) is 3.88. The molecular formula is C13H16O2. The Balaban J connectivity index is 2.09. The van der Waals surface area contributed by atoms with Crippen LogP contribution in [0.25, 0.3) is 0 Å². The van der Waals surface area contributed by atoms with E-state index in [0.717, 1.165) is 17.9 Å². The Bertz CT molecular complexity index is 398. The van der Waals surface area contributed by atoms with Crippen LogP contribution in [-0.4, -0.2) is 11.7 Å². The van der Waals surface area contributed by atoms with Crippen molar-refractivity contribution >= 4 is 0 Å². The number of fused-ring (bicyclic) bond motifs is 3. The smallest absolute Gasteiger partial charge is 0.123 e. The molecule has 0 saturated heterocycles. The first-order valence-electron chi connectivity index (χ1n) is 5.72. The summed E-state index contributed by atoms with van der Waals surface area (Å²) >= 11 is 0. The third kappa shape index (κ3) is 1.31. The Hall–Kier alpha value is -1.18. The first-order valence-corrected chi connectivity index (χ1v) is 5.72. The summed E-state index contributed by atoms with van der Waals surface area (Å²) in [6.45, 7) is 2.78. The summed E-state index contributed by atoms with van der Waals surface area (Å²) in [5.74, 6) is 2.71. The van der Waals surface area contributed by atoms with Gasteiger partial charge in [-0.2, -0.15) is 0 Å². The van der Waals surface area contributed by atoms with E-state index in [0.29, 0.717) is 17.6 Å². The second-order valence-corrected chi connectivity index (χ2v) is 4.79. The number of aromatic hydroxyl groups is 1. The predicted octanol–water partition coefficient (Wildman–Crippen LogP) is 2.98. The SMILES string of the molecule is Cc1cc2c(cc1O)C1CCCC1CO2. The van der Waals surface area contributed by atoms with Crippen LogP contribution in [0.3, 0.4) is 0 Å². The van der Waals surface area contributed by atoms with Gasteiger partial charge in [0, 0.05) is 5.56 Å². The Kier molecular flexibility index (Phi) is 1.91. The van der Waals surface area contributed by atoms with E-state index in [1.165, 1.54) is 24.8 Å². The van der Waals surface area contributed by atoms with E-state index in [9.17, 15) is 5.11 Å². The number of ether oxygens (including phenoxy) is 1. The lowest BCUT2D eigenvalue weighted by atomic mass is 9.86. The fourth-order valence-electron chi connectivity index (χ4n) is 2.94. The van der Waals surface area contributed by atoms with Gasteiger partial charge in [-0.1, -0.05) is 6.42 Å². The van der Waals surface area contributed by atoms with Crippen molar-refractivity contribution in [1.29, 1.82) is 0 Å². The molecule has 1 heterocycles. The number of hydrogen-bond acceptors (Lipinski definition) is 2. The molecule has 1 aromatic carbocycles. The summed E-state index contributed by atoms with van der Waals surface area (Å²) in [7, 11) is 0. The standard InChI is InChI=1S/C13H16O2/c1-8-5-13-11(6-12(8)14)10-4-2-3-9(10)7-15-13/h5-6,9-10,14H,2-4,7H2,1H3. The summed E-state index contributed by atoms with van der Waals surface area (Å²) in [5.41, 5.74) is 2.14. The summed E-state index contributed by atoms with van der Waals surface area (Å²) in [6.07, 6.45) is 3.83. The Morgan fingerprint density at radius 2 is 2.20 bits per heavy atom. The second kappa shape index (κ2) is 3.16. The summed E-state index contributed by atoms with van der Waals surface area (Å²) in [5, 5.41) is 9.74. The van der Waals surface area contributed by atoms with E-state index in [1.807, 2.05) is 19.1 Å². The highest BCUT2D eigenvalue weighted by Crippen LogP contribution is 2.47. The minimum absolute atomic E-state index is 0.407. The van der Waals surface area contributed by atoms with Gasteiger partial charge in [0.2, 0.25) is 0 Å². The number of hydrogen-bond donors (Lipinski definition) is 1. The van der Waals surface area contributed by atoms with E-state index in [-0.39, 0.29) is 0 Å². The van der Waals surface area contributed by atoms with Crippen molar-refractivity contribution in [3.05, 3.63) is 23.3 Å². The Morgan fingerprint density at radius 1 is 1.33 bits per heavy atom. The number of benzene rings is 1. The van der Waals surface area contributed by atoms with Crippen molar-refractivity contribution in [3.63, 3.8) is 0 Å². The molecular weight excluding hydrogens is 188 g/mol. The highest BCUT2D eigenvalue weighted by atomic mass is 16.5. The zero-order valence-corrected chi connectivity index (χ0v) is 8.99. The molecule has 3 rings (SSSR count). The van der Waals surface area contributed by atoms with Crippen LogP contribution in [-0.2, 0) is 0 Å². The van der Waals surface area contributed by atoms with Gasteiger partial charge >= 0.3 is 0 Å². The predicted molar refractivity (Wildman–Crippen MR) is 58.4 cm³/mol. The van der Waals surface area contributed by atoms with Gasteiger partial charge in [-0.3, -0.25) is 0 Å². The average molecular weight is 204 g/mol. The van der Waals surface area contributed by atoms with E-state index in [1.54, 1.807) is 0 Å². The van der Waals surface area contributed by atoms with Crippen LogP contribution in [0.15, 0.2) is 12.1 Å². The molecule has 80 valence electrons. The monoisotopic (exact) mass is 204 g/mol. The molecule has 1 aliphatic carbocycles. The minimum Gasteiger partial charge on any atom is -0.508 e. The van der Waals surface area contributed by atoms with Gasteiger partial charge in [-0.25, -0.2) is 0 Å². The van der Waals surface area contributed by atoms with Gasteiger partial charge in [-0.05, 0) is 49.3 Å². The fourth-order valence-corrected chi connectivity index (χ4v) is 2.94. The van der Waals surface area contributed by atoms with E-state index in [4.69, 9.17) is 4.74 Å². The molecule has 2 atom stereocenters. The van der Waals surface area contributed by atoms with Gasteiger partial charge in [0.05, 0.1) is 6.61 Å². The van der Waals surface area contributed by atoms with Crippen molar-refractivity contribution in [3.8, 4) is 11.5 Å². The molecule has 15 heavy (non-hydrogen) atoms. The van der Waals surface area contributed by atoms with Crippen molar-refractivity contribution in [1.82, 2.24) is 0 Å². The van der Waals surface area contributed by atoms with Crippen LogP contribution >= 0.6 is 0 Å². The normalized spacial score (nSPS) is 28.1. The quantitative estimate of drug-likeness (QED) is 0.704. The molecule has 0 spiro atoms. The average Bonchev–Trinajstić information content (AvgIpc) is 2.68. The highest BCUT2D eigenvalue weighted by Gasteiger charge is 2.34. The van der Waals surface area contributed by atoms with Crippen molar-refractivity contribution in [2.45, 2.75) is 32.1 Å². The van der Waals surface area contributed by atoms with E-state index < -0.39 is 0 Å². The van der Waals surface area contributed by atoms with Crippen LogP contribution in [0.2, 0.25) is 0 Å². The molecule has 2 unspecified atom stereocenters. The summed E-state index contributed by atoms with van der Waals surface area (Å²) in [4.78, 5) is 0. The molecule has 0 amide bonds. The number of phenolic OH excluding ortho intramolecular Hbond substituents is 1. The molecule has 0 bridgehead atoms. The van der Waals surface area contributed by atoms with Gasteiger partial charge < -0.3 is 9.84 Å². The molecule has 1 aromatic rings. The van der Waals surface area contributed by atoms with E-state index >= 15 is 0 Å². The molecule has 1 saturated carbocycles. The summed E-state index contributed by atoms with van der Waals surface area (Å²) < 4.78 is 5.76. The fraction of sp³-hybridized carbons (Fsp3) is 0.538. The number of aryl methyl sites for hydroxylation is 1. The minimum atomic E-state index is 0.407. The lowest BCUT2D eigenvalue weighted by Gasteiger charge is -2.29. The topological polar surface area (TPSA) is 29.5 Å². The van der Waals surface area contributed by atoms with Crippen LogP contribution < -0.4 is 4.74 Å².